The molecule has 0 bridgehead atoms. The number of nitrogens with zero attached hydrogens (tertiary/aromatic N) is 4. The summed E-state index contributed by atoms with van der Waals surface area (Å²) in [5, 5.41) is 12.2. The molecule has 4 rings (SSSR count). The third-order valence-corrected chi connectivity index (χ3v) is 5.68. The van der Waals surface area contributed by atoms with E-state index < -0.39 is 0 Å². The second-order valence-electron chi connectivity index (χ2n) is 8.44. The lowest BCUT2D eigenvalue weighted by molar-refractivity contribution is -0.121. The summed E-state index contributed by atoms with van der Waals surface area (Å²) in [6.45, 7) is 6.34. The van der Waals surface area contributed by atoms with E-state index in [9.17, 15) is 9.59 Å². The van der Waals surface area contributed by atoms with Gasteiger partial charge in [0.05, 0.1) is 23.1 Å². The van der Waals surface area contributed by atoms with Crippen LogP contribution in [-0.2, 0) is 27.2 Å². The van der Waals surface area contributed by atoms with E-state index in [1.165, 1.54) is 0 Å². The fourth-order valence-electron chi connectivity index (χ4n) is 4.07. The van der Waals surface area contributed by atoms with E-state index in [2.05, 4.69) is 15.5 Å². The van der Waals surface area contributed by atoms with E-state index in [1.54, 1.807) is 4.57 Å². The van der Waals surface area contributed by atoms with Gasteiger partial charge >= 0.3 is 0 Å². The first-order chi connectivity index (χ1) is 15.5. The van der Waals surface area contributed by atoms with Gasteiger partial charge in [-0.2, -0.15) is 0 Å². The number of para-hydroxylation sites is 1. The molecule has 1 amide bonds. The number of benzene rings is 1. The van der Waals surface area contributed by atoms with Gasteiger partial charge < -0.3 is 14.8 Å². The Hall–Kier alpha value is -2.78. The number of carbonyl (C=O) groups excluding carboxylic acids is 1. The summed E-state index contributed by atoms with van der Waals surface area (Å²) < 4.78 is 14.7. The first-order valence-corrected chi connectivity index (χ1v) is 11.4. The largest absolute Gasteiger partial charge is 0.379 e. The molecule has 3 heterocycles. The molecule has 1 saturated heterocycles. The van der Waals surface area contributed by atoms with E-state index in [-0.39, 0.29) is 23.7 Å². The van der Waals surface area contributed by atoms with Gasteiger partial charge in [-0.3, -0.25) is 18.6 Å². The van der Waals surface area contributed by atoms with Gasteiger partial charge in [-0.25, -0.2) is 0 Å². The molecule has 9 nitrogen and oxygen atoms in total. The molecule has 0 spiro atoms. The molecule has 172 valence electrons. The van der Waals surface area contributed by atoms with Crippen LogP contribution in [-0.4, -0.2) is 57.0 Å². The van der Waals surface area contributed by atoms with Gasteiger partial charge in [-0.15, -0.1) is 10.2 Å². The number of aryl methyl sites for hydroxylation is 2. The highest BCUT2D eigenvalue weighted by molar-refractivity contribution is 5.80. The molecule has 1 aliphatic rings. The average molecular weight is 442 g/mol. The van der Waals surface area contributed by atoms with Crippen molar-refractivity contribution < 1.29 is 14.3 Å². The molecule has 1 atom stereocenters. The Labute approximate surface area is 186 Å². The van der Waals surface area contributed by atoms with Crippen molar-refractivity contribution in [2.24, 2.45) is 0 Å². The number of rotatable bonds is 10. The predicted octanol–water partition coefficient (Wildman–Crippen LogP) is 2.09. The topological polar surface area (TPSA) is 99.8 Å². The van der Waals surface area contributed by atoms with Crippen LogP contribution in [0.5, 0.6) is 0 Å². The van der Waals surface area contributed by atoms with E-state index in [4.69, 9.17) is 9.47 Å². The van der Waals surface area contributed by atoms with Crippen LogP contribution in [0, 0.1) is 0 Å². The van der Waals surface area contributed by atoms with Gasteiger partial charge in [0.2, 0.25) is 11.7 Å². The Balaban J connectivity index is 1.54. The van der Waals surface area contributed by atoms with Crippen LogP contribution in [0.4, 0.5) is 0 Å². The standard InChI is InChI=1S/C23H31N5O4/c1-16(2)31-14-6-12-27-22(30)18-8-3-4-9-19(18)28-20(25-26-23(27)28)10-11-21(29)24-15-17-7-5-13-32-17/h3-4,8-9,16-17H,5-7,10-15H2,1-2H3,(H,24,29)/t17-/m0/s1. The number of fused-ring (bicyclic) bond motifs is 3. The van der Waals surface area contributed by atoms with Crippen molar-refractivity contribution >= 4 is 22.6 Å². The smallest absolute Gasteiger partial charge is 0.262 e. The van der Waals surface area contributed by atoms with Crippen LogP contribution in [0.15, 0.2) is 29.1 Å². The van der Waals surface area contributed by atoms with E-state index >= 15 is 0 Å². The zero-order chi connectivity index (χ0) is 22.5. The van der Waals surface area contributed by atoms with Crippen molar-refractivity contribution in [3.63, 3.8) is 0 Å². The molecule has 32 heavy (non-hydrogen) atoms. The van der Waals surface area contributed by atoms with Crippen LogP contribution in [0.3, 0.4) is 0 Å². The molecule has 0 aliphatic carbocycles. The van der Waals surface area contributed by atoms with Gasteiger partial charge in [-0.05, 0) is 45.2 Å². The molecule has 1 N–H and O–H groups in total. The SMILES string of the molecule is CC(C)OCCCn1c(=O)c2ccccc2n2c(CCC(=O)NC[C@@H]3CCCO3)nnc12. The minimum Gasteiger partial charge on any atom is -0.379 e. The normalized spacial score (nSPS) is 16.4. The van der Waals surface area contributed by atoms with Crippen LogP contribution in [0.2, 0.25) is 0 Å². The van der Waals surface area contributed by atoms with Crippen molar-refractivity contribution in [2.45, 2.75) is 64.7 Å². The summed E-state index contributed by atoms with van der Waals surface area (Å²) in [7, 11) is 0. The zero-order valence-corrected chi connectivity index (χ0v) is 18.7. The Bertz CT molecular complexity index is 1130. The van der Waals surface area contributed by atoms with E-state index in [1.807, 2.05) is 42.5 Å². The van der Waals surface area contributed by atoms with Gasteiger partial charge in [0.1, 0.15) is 5.82 Å². The molecule has 2 aromatic heterocycles. The minimum absolute atomic E-state index is 0.0410. The van der Waals surface area contributed by atoms with Crippen LogP contribution in [0.25, 0.3) is 16.7 Å². The monoisotopic (exact) mass is 441 g/mol. The summed E-state index contributed by atoms with van der Waals surface area (Å²) in [5.74, 6) is 1.12. The lowest BCUT2D eigenvalue weighted by Crippen LogP contribution is -2.32. The maximum Gasteiger partial charge on any atom is 0.262 e. The lowest BCUT2D eigenvalue weighted by atomic mass is 10.2. The van der Waals surface area contributed by atoms with Crippen molar-refractivity contribution in [3.8, 4) is 0 Å². The minimum atomic E-state index is -0.0918. The van der Waals surface area contributed by atoms with Gasteiger partial charge in [-0.1, -0.05) is 12.1 Å². The molecular formula is C23H31N5O4. The maximum absolute atomic E-state index is 13.1. The van der Waals surface area contributed by atoms with Crippen molar-refractivity contribution in [3.05, 3.63) is 40.4 Å². The number of aromatic nitrogens is 4. The third-order valence-electron chi connectivity index (χ3n) is 5.68. The summed E-state index contributed by atoms with van der Waals surface area (Å²) in [4.78, 5) is 25.5. The van der Waals surface area contributed by atoms with Gasteiger partial charge in [0.25, 0.3) is 5.56 Å². The third kappa shape index (κ3) is 4.99. The van der Waals surface area contributed by atoms with Crippen molar-refractivity contribution in [2.75, 3.05) is 19.8 Å². The Morgan fingerprint density at radius 2 is 2.16 bits per heavy atom. The van der Waals surface area contributed by atoms with Crippen LogP contribution in [0.1, 0.15) is 45.4 Å². The average Bonchev–Trinajstić information content (AvgIpc) is 3.45. The van der Waals surface area contributed by atoms with Crippen LogP contribution >= 0.6 is 0 Å². The fourth-order valence-corrected chi connectivity index (χ4v) is 4.07. The zero-order valence-electron chi connectivity index (χ0n) is 18.7. The summed E-state index contributed by atoms with van der Waals surface area (Å²) in [6, 6.07) is 7.45. The van der Waals surface area contributed by atoms with E-state index in [0.29, 0.717) is 55.9 Å². The Kier molecular flexibility index (Phi) is 7.16. The quantitative estimate of drug-likeness (QED) is 0.484. The second kappa shape index (κ2) is 10.2. The molecule has 1 fully saturated rings. The molecule has 0 unspecified atom stereocenters. The first-order valence-electron chi connectivity index (χ1n) is 11.4. The number of nitrogens with one attached hydrogen (secondary N) is 1. The summed E-state index contributed by atoms with van der Waals surface area (Å²) in [5.41, 5.74) is 0.660. The van der Waals surface area contributed by atoms with Crippen molar-refractivity contribution in [1.29, 1.82) is 0 Å². The lowest BCUT2D eigenvalue weighted by Gasteiger charge is -2.13. The molecule has 1 aromatic carbocycles. The molecule has 0 saturated carbocycles. The summed E-state index contributed by atoms with van der Waals surface area (Å²) >= 11 is 0. The number of ether oxygens (including phenoxy) is 2. The number of hydrogen-bond donors (Lipinski definition) is 1. The van der Waals surface area contributed by atoms with Crippen LogP contribution < -0.4 is 10.9 Å². The highest BCUT2D eigenvalue weighted by atomic mass is 16.5. The van der Waals surface area contributed by atoms with E-state index in [0.717, 1.165) is 25.0 Å². The number of hydrogen-bond acceptors (Lipinski definition) is 6. The number of amides is 1. The Morgan fingerprint density at radius 3 is 2.94 bits per heavy atom. The summed E-state index contributed by atoms with van der Waals surface area (Å²) in [6.07, 6.45) is 3.71. The number of carbonyl (C=O) groups is 1. The van der Waals surface area contributed by atoms with Gasteiger partial charge in [0, 0.05) is 39.1 Å². The highest BCUT2D eigenvalue weighted by Crippen LogP contribution is 2.16. The molecule has 0 radical (unpaired) electrons. The highest BCUT2D eigenvalue weighted by Gasteiger charge is 2.19. The predicted molar refractivity (Wildman–Crippen MR) is 121 cm³/mol. The Morgan fingerprint density at radius 1 is 1.31 bits per heavy atom. The van der Waals surface area contributed by atoms with Gasteiger partial charge in [0.15, 0.2) is 0 Å². The molecule has 9 heteroatoms. The maximum atomic E-state index is 13.1. The molecular weight excluding hydrogens is 410 g/mol. The first kappa shape index (κ1) is 22.4. The molecule has 1 aliphatic heterocycles. The fraction of sp³-hybridized carbons (Fsp3) is 0.565. The molecule has 3 aromatic rings. The second-order valence-corrected chi connectivity index (χ2v) is 8.44. The van der Waals surface area contributed by atoms with Crippen molar-refractivity contribution in [1.82, 2.24) is 24.5 Å².